The van der Waals surface area contributed by atoms with Gasteiger partial charge in [-0.05, 0) is 6.42 Å². The molecule has 0 saturated heterocycles. The summed E-state index contributed by atoms with van der Waals surface area (Å²) in [5.74, 6) is 0. The molecule has 0 saturated carbocycles. The third-order valence-electron chi connectivity index (χ3n) is 2.06. The number of methoxy groups -OCH3 is 2. The van der Waals surface area contributed by atoms with Crippen LogP contribution in [0.4, 0.5) is 0 Å². The average molecular weight is 215 g/mol. The minimum atomic E-state index is -0.426. The molecule has 0 aromatic carbocycles. The third-order valence-corrected chi connectivity index (χ3v) is 2.06. The van der Waals surface area contributed by atoms with Gasteiger partial charge in [0.1, 0.15) is 6.04 Å². The molecule has 0 heterocycles. The van der Waals surface area contributed by atoms with Crippen molar-refractivity contribution in [2.24, 2.45) is 5.73 Å². The average Bonchev–Trinajstić information content (AvgIpc) is 2.25. The monoisotopic (exact) mass is 215 g/mol. The van der Waals surface area contributed by atoms with Crippen molar-refractivity contribution < 1.29 is 9.47 Å². The standard InChI is InChI=1S/C10H21N3O2/c1-14-6-3-4-13(5-7-15-2)9-10(12)8-11/h10H,3-7,9,12H2,1-2H3. The van der Waals surface area contributed by atoms with Gasteiger partial charge in [0.2, 0.25) is 0 Å². The van der Waals surface area contributed by atoms with Gasteiger partial charge in [-0.3, -0.25) is 4.90 Å². The predicted octanol–water partition coefficient (Wildman–Crippen LogP) is -0.178. The number of nitrogens with zero attached hydrogens (tertiary/aromatic N) is 2. The normalized spacial score (nSPS) is 12.7. The van der Waals surface area contributed by atoms with E-state index in [1.807, 2.05) is 6.07 Å². The fraction of sp³-hybridized carbons (Fsp3) is 0.900. The van der Waals surface area contributed by atoms with Crippen LogP contribution < -0.4 is 5.73 Å². The Morgan fingerprint density at radius 3 is 2.47 bits per heavy atom. The number of ether oxygens (including phenoxy) is 2. The summed E-state index contributed by atoms with van der Waals surface area (Å²) >= 11 is 0. The van der Waals surface area contributed by atoms with Gasteiger partial charge in [-0.25, -0.2) is 0 Å². The molecule has 0 radical (unpaired) electrons. The van der Waals surface area contributed by atoms with E-state index in [1.54, 1.807) is 14.2 Å². The van der Waals surface area contributed by atoms with Crippen molar-refractivity contribution in [3.05, 3.63) is 0 Å². The number of rotatable bonds is 9. The van der Waals surface area contributed by atoms with Crippen LogP contribution >= 0.6 is 0 Å². The highest BCUT2D eigenvalue weighted by Gasteiger charge is 2.09. The molecule has 0 fully saturated rings. The lowest BCUT2D eigenvalue weighted by Crippen LogP contribution is -2.39. The SMILES string of the molecule is COCCCN(CCOC)CC(N)C#N. The largest absolute Gasteiger partial charge is 0.385 e. The van der Waals surface area contributed by atoms with Crippen LogP contribution in [0.3, 0.4) is 0 Å². The maximum atomic E-state index is 8.62. The molecule has 1 atom stereocenters. The highest BCUT2D eigenvalue weighted by atomic mass is 16.5. The molecule has 2 N–H and O–H groups in total. The molecule has 0 aromatic rings. The van der Waals surface area contributed by atoms with Gasteiger partial charge in [0.15, 0.2) is 0 Å². The van der Waals surface area contributed by atoms with Crippen LogP contribution in [-0.2, 0) is 9.47 Å². The number of nitrogens with two attached hydrogens (primary N) is 1. The van der Waals surface area contributed by atoms with Crippen LogP contribution in [-0.4, -0.2) is 58.0 Å². The second-order valence-electron chi connectivity index (χ2n) is 3.38. The first kappa shape index (κ1) is 14.3. The molecule has 1 unspecified atom stereocenters. The summed E-state index contributed by atoms with van der Waals surface area (Å²) in [6, 6.07) is 1.60. The third kappa shape index (κ3) is 8.33. The molecular formula is C10H21N3O2. The molecule has 0 aliphatic rings. The van der Waals surface area contributed by atoms with Crippen molar-refractivity contribution >= 4 is 0 Å². The quantitative estimate of drug-likeness (QED) is 0.540. The van der Waals surface area contributed by atoms with E-state index in [2.05, 4.69) is 4.90 Å². The summed E-state index contributed by atoms with van der Waals surface area (Å²) in [5, 5.41) is 8.62. The van der Waals surface area contributed by atoms with Gasteiger partial charge < -0.3 is 15.2 Å². The lowest BCUT2D eigenvalue weighted by Gasteiger charge is -2.22. The van der Waals surface area contributed by atoms with Crippen LogP contribution in [0.25, 0.3) is 0 Å². The van der Waals surface area contributed by atoms with E-state index in [9.17, 15) is 0 Å². The molecule has 0 spiro atoms. The number of nitriles is 1. The fourth-order valence-electron chi connectivity index (χ4n) is 1.27. The summed E-state index contributed by atoms with van der Waals surface area (Å²) in [6.45, 7) is 3.65. The maximum Gasteiger partial charge on any atom is 0.106 e. The molecule has 88 valence electrons. The molecule has 0 aromatic heterocycles. The Balaban J connectivity index is 3.79. The summed E-state index contributed by atoms with van der Waals surface area (Å²) in [4.78, 5) is 2.12. The first-order chi connectivity index (χ1) is 7.24. The van der Waals surface area contributed by atoms with Crippen molar-refractivity contribution in [3.63, 3.8) is 0 Å². The van der Waals surface area contributed by atoms with Crippen molar-refractivity contribution in [2.75, 3.05) is 47.1 Å². The highest BCUT2D eigenvalue weighted by Crippen LogP contribution is 1.94. The zero-order valence-electron chi connectivity index (χ0n) is 9.61. The van der Waals surface area contributed by atoms with E-state index in [-0.39, 0.29) is 0 Å². The Morgan fingerprint density at radius 2 is 1.93 bits per heavy atom. The van der Waals surface area contributed by atoms with Gasteiger partial charge in [-0.2, -0.15) is 5.26 Å². The Labute approximate surface area is 91.7 Å². The van der Waals surface area contributed by atoms with Gasteiger partial charge >= 0.3 is 0 Å². The van der Waals surface area contributed by atoms with Gasteiger partial charge in [-0.15, -0.1) is 0 Å². The van der Waals surface area contributed by atoms with E-state index in [4.69, 9.17) is 20.5 Å². The van der Waals surface area contributed by atoms with Crippen LogP contribution in [0.1, 0.15) is 6.42 Å². The maximum absolute atomic E-state index is 8.62. The summed E-state index contributed by atoms with van der Waals surface area (Å²) < 4.78 is 9.97. The van der Waals surface area contributed by atoms with Crippen LogP contribution in [0, 0.1) is 11.3 Å². The van der Waals surface area contributed by atoms with Gasteiger partial charge in [0.05, 0.1) is 12.7 Å². The highest BCUT2D eigenvalue weighted by molar-refractivity contribution is 4.88. The Morgan fingerprint density at radius 1 is 1.27 bits per heavy atom. The van der Waals surface area contributed by atoms with Gasteiger partial charge in [-0.1, -0.05) is 0 Å². The minimum absolute atomic E-state index is 0.426. The van der Waals surface area contributed by atoms with E-state index in [0.717, 1.165) is 26.1 Å². The first-order valence-corrected chi connectivity index (χ1v) is 5.10. The molecule has 0 rings (SSSR count). The molecule has 5 heteroatoms. The van der Waals surface area contributed by atoms with Crippen LogP contribution in [0.5, 0.6) is 0 Å². The second kappa shape index (κ2) is 9.87. The van der Waals surface area contributed by atoms with Crippen molar-refractivity contribution in [3.8, 4) is 6.07 Å². The molecule has 0 aliphatic heterocycles. The zero-order chi connectivity index (χ0) is 11.5. The Bertz CT molecular complexity index is 182. The van der Waals surface area contributed by atoms with Crippen molar-refractivity contribution in [1.82, 2.24) is 4.90 Å². The van der Waals surface area contributed by atoms with E-state index < -0.39 is 6.04 Å². The molecule has 15 heavy (non-hydrogen) atoms. The predicted molar refractivity (Wildman–Crippen MR) is 58.4 cm³/mol. The minimum Gasteiger partial charge on any atom is -0.385 e. The fourth-order valence-corrected chi connectivity index (χ4v) is 1.27. The van der Waals surface area contributed by atoms with Gasteiger partial charge in [0, 0.05) is 40.5 Å². The van der Waals surface area contributed by atoms with E-state index >= 15 is 0 Å². The topological polar surface area (TPSA) is 71.5 Å². The van der Waals surface area contributed by atoms with Gasteiger partial charge in [0.25, 0.3) is 0 Å². The summed E-state index contributed by atoms with van der Waals surface area (Å²) in [7, 11) is 3.35. The Kier molecular flexibility index (Phi) is 9.43. The molecule has 0 aliphatic carbocycles. The first-order valence-electron chi connectivity index (χ1n) is 5.10. The molecular weight excluding hydrogens is 194 g/mol. The molecule has 5 nitrogen and oxygen atoms in total. The van der Waals surface area contributed by atoms with E-state index in [0.29, 0.717) is 13.2 Å². The number of hydrogen-bond donors (Lipinski definition) is 1. The number of hydrogen-bond acceptors (Lipinski definition) is 5. The van der Waals surface area contributed by atoms with Crippen molar-refractivity contribution in [2.45, 2.75) is 12.5 Å². The van der Waals surface area contributed by atoms with Crippen molar-refractivity contribution in [1.29, 1.82) is 5.26 Å². The smallest absolute Gasteiger partial charge is 0.106 e. The lowest BCUT2D eigenvalue weighted by atomic mass is 10.3. The lowest BCUT2D eigenvalue weighted by molar-refractivity contribution is 0.132. The van der Waals surface area contributed by atoms with Crippen LogP contribution in [0.2, 0.25) is 0 Å². The Hall–Kier alpha value is -0.670. The molecule has 0 amide bonds. The van der Waals surface area contributed by atoms with Crippen LogP contribution in [0.15, 0.2) is 0 Å². The summed E-state index contributed by atoms with van der Waals surface area (Å²) in [5.41, 5.74) is 5.57. The molecule has 0 bridgehead atoms. The van der Waals surface area contributed by atoms with E-state index in [1.165, 1.54) is 0 Å². The second-order valence-corrected chi connectivity index (χ2v) is 3.38. The zero-order valence-corrected chi connectivity index (χ0v) is 9.61. The summed E-state index contributed by atoms with van der Waals surface area (Å²) in [6.07, 6.45) is 0.943.